The smallest absolute Gasteiger partial charge is 0.312 e. The lowest BCUT2D eigenvalue weighted by atomic mass is 10.3. The van der Waals surface area contributed by atoms with Crippen LogP contribution in [-0.4, -0.2) is 31.7 Å². The van der Waals surface area contributed by atoms with Crippen LogP contribution in [0.15, 0.2) is 36.8 Å². The molecule has 0 radical (unpaired) electrons. The monoisotopic (exact) mass is 246 g/mol. The Kier molecular flexibility index (Phi) is 3.33. The van der Waals surface area contributed by atoms with Crippen molar-refractivity contribution in [3.05, 3.63) is 36.8 Å². The maximum Gasteiger partial charge on any atom is 0.312 e. The molecule has 2 heterocycles. The Morgan fingerprint density at radius 3 is 2.83 bits per heavy atom. The van der Waals surface area contributed by atoms with E-state index in [0.29, 0.717) is 11.5 Å². The van der Waals surface area contributed by atoms with Crippen LogP contribution in [0.25, 0.3) is 5.82 Å². The molecular formula is C11H10N4O3. The molecule has 92 valence electrons. The third-order valence-electron chi connectivity index (χ3n) is 2.09. The summed E-state index contributed by atoms with van der Waals surface area (Å²) < 4.78 is 1.48. The largest absolute Gasteiger partial charge is 0.481 e. The zero-order chi connectivity index (χ0) is 13.0. The van der Waals surface area contributed by atoms with Crippen molar-refractivity contribution < 1.29 is 14.7 Å². The lowest BCUT2D eigenvalue weighted by molar-refractivity contribution is -0.139. The average Bonchev–Trinajstić information content (AvgIpc) is 2.81. The minimum atomic E-state index is -1.18. The zero-order valence-corrected chi connectivity index (χ0v) is 9.28. The summed E-state index contributed by atoms with van der Waals surface area (Å²) in [5.41, 5.74) is 0.410. The number of rotatable bonds is 4. The van der Waals surface area contributed by atoms with Crippen LogP contribution in [0.3, 0.4) is 0 Å². The van der Waals surface area contributed by atoms with Gasteiger partial charge in [0, 0.05) is 18.6 Å². The maximum absolute atomic E-state index is 11.4. The lowest BCUT2D eigenvalue weighted by Gasteiger charge is -2.08. The molecule has 2 rings (SSSR count). The molecule has 0 saturated heterocycles. The van der Waals surface area contributed by atoms with Crippen LogP contribution in [0.5, 0.6) is 0 Å². The summed E-state index contributed by atoms with van der Waals surface area (Å²) in [6.07, 6.45) is 4.23. The van der Waals surface area contributed by atoms with E-state index in [-0.39, 0.29) is 0 Å². The number of hydrogen-bond acceptors (Lipinski definition) is 4. The number of anilines is 1. The summed E-state index contributed by atoms with van der Waals surface area (Å²) in [5, 5.41) is 15.0. The van der Waals surface area contributed by atoms with E-state index in [4.69, 9.17) is 5.11 Å². The fraction of sp³-hybridized carbons (Fsp3) is 0.0909. The second-order valence-corrected chi connectivity index (χ2v) is 3.44. The van der Waals surface area contributed by atoms with Crippen molar-refractivity contribution in [1.29, 1.82) is 0 Å². The van der Waals surface area contributed by atoms with E-state index in [9.17, 15) is 9.59 Å². The first-order valence-electron chi connectivity index (χ1n) is 5.13. The molecule has 0 aliphatic carbocycles. The molecule has 2 aromatic heterocycles. The number of aromatic nitrogens is 3. The highest BCUT2D eigenvalue weighted by Gasteiger charge is 2.11. The van der Waals surface area contributed by atoms with Gasteiger partial charge in [0.05, 0.1) is 5.69 Å². The number of pyridine rings is 1. The highest BCUT2D eigenvalue weighted by atomic mass is 16.4. The number of amides is 1. The number of hydrogen-bond donors (Lipinski definition) is 2. The fourth-order valence-corrected chi connectivity index (χ4v) is 1.40. The summed E-state index contributed by atoms with van der Waals surface area (Å²) in [6, 6.07) is 4.99. The van der Waals surface area contributed by atoms with Gasteiger partial charge in [0.2, 0.25) is 5.91 Å². The lowest BCUT2D eigenvalue weighted by Crippen LogP contribution is -2.17. The quantitative estimate of drug-likeness (QED) is 0.773. The SMILES string of the molecule is O=C(O)CC(=O)Nc1cccnc1-n1cccn1. The van der Waals surface area contributed by atoms with E-state index < -0.39 is 18.3 Å². The first kappa shape index (κ1) is 11.8. The van der Waals surface area contributed by atoms with Crippen LogP contribution < -0.4 is 5.32 Å². The number of nitrogens with one attached hydrogen (secondary N) is 1. The Balaban J connectivity index is 2.23. The predicted octanol–water partition coefficient (Wildman–Crippen LogP) is 0.681. The van der Waals surface area contributed by atoms with E-state index in [1.165, 1.54) is 4.68 Å². The van der Waals surface area contributed by atoms with Gasteiger partial charge < -0.3 is 10.4 Å². The topological polar surface area (TPSA) is 97.1 Å². The summed E-state index contributed by atoms with van der Waals surface area (Å²) in [7, 11) is 0. The first-order valence-corrected chi connectivity index (χ1v) is 5.13. The number of nitrogens with zero attached hydrogens (tertiary/aromatic N) is 3. The molecule has 1 amide bonds. The van der Waals surface area contributed by atoms with Gasteiger partial charge in [0.25, 0.3) is 0 Å². The fourth-order valence-electron chi connectivity index (χ4n) is 1.40. The molecular weight excluding hydrogens is 236 g/mol. The summed E-state index contributed by atoms with van der Waals surface area (Å²) in [6.45, 7) is 0. The van der Waals surface area contributed by atoms with Crippen LogP contribution in [0.1, 0.15) is 6.42 Å². The van der Waals surface area contributed by atoms with Crippen molar-refractivity contribution >= 4 is 17.6 Å². The Morgan fingerprint density at radius 1 is 1.33 bits per heavy atom. The highest BCUT2D eigenvalue weighted by molar-refractivity contribution is 6.02. The van der Waals surface area contributed by atoms with Crippen LogP contribution in [0, 0.1) is 0 Å². The molecule has 0 bridgehead atoms. The van der Waals surface area contributed by atoms with Crippen molar-refractivity contribution in [2.24, 2.45) is 0 Å². The van der Waals surface area contributed by atoms with Crippen molar-refractivity contribution in [3.63, 3.8) is 0 Å². The molecule has 0 aliphatic heterocycles. The van der Waals surface area contributed by atoms with Crippen LogP contribution >= 0.6 is 0 Å². The van der Waals surface area contributed by atoms with E-state index in [1.807, 2.05) is 0 Å². The molecule has 7 nitrogen and oxygen atoms in total. The van der Waals surface area contributed by atoms with Crippen LogP contribution in [0.2, 0.25) is 0 Å². The molecule has 2 N–H and O–H groups in total. The molecule has 0 aliphatic rings. The molecule has 18 heavy (non-hydrogen) atoms. The zero-order valence-electron chi connectivity index (χ0n) is 9.28. The van der Waals surface area contributed by atoms with Crippen molar-refractivity contribution in [3.8, 4) is 5.82 Å². The van der Waals surface area contributed by atoms with Gasteiger partial charge in [-0.15, -0.1) is 0 Å². The van der Waals surface area contributed by atoms with E-state index in [0.717, 1.165) is 0 Å². The summed E-state index contributed by atoms with van der Waals surface area (Å²) in [5.74, 6) is -1.36. The van der Waals surface area contributed by atoms with Crippen molar-refractivity contribution in [2.75, 3.05) is 5.32 Å². The number of aliphatic carboxylic acids is 1. The first-order chi connectivity index (χ1) is 8.66. The second-order valence-electron chi connectivity index (χ2n) is 3.44. The minimum Gasteiger partial charge on any atom is -0.481 e. The second kappa shape index (κ2) is 5.09. The maximum atomic E-state index is 11.4. The van der Waals surface area contributed by atoms with Crippen LogP contribution in [0.4, 0.5) is 5.69 Å². The standard InChI is InChI=1S/C11H10N4O3/c16-9(7-10(17)18)14-8-3-1-4-12-11(8)15-6-2-5-13-15/h1-6H,7H2,(H,14,16)(H,17,18). The Morgan fingerprint density at radius 2 is 2.17 bits per heavy atom. The highest BCUT2D eigenvalue weighted by Crippen LogP contribution is 2.16. The van der Waals surface area contributed by atoms with Gasteiger partial charge in [-0.25, -0.2) is 9.67 Å². The molecule has 0 saturated carbocycles. The molecule has 2 aromatic rings. The number of carbonyl (C=O) groups is 2. The normalized spacial score (nSPS) is 10.0. The molecule has 0 atom stereocenters. The molecule has 0 fully saturated rings. The predicted molar refractivity (Wildman–Crippen MR) is 62.2 cm³/mol. The molecule has 7 heteroatoms. The van der Waals surface area contributed by atoms with E-state index in [1.54, 1.807) is 36.8 Å². The summed E-state index contributed by atoms with van der Waals surface area (Å²) >= 11 is 0. The molecule has 0 aromatic carbocycles. The van der Waals surface area contributed by atoms with Gasteiger partial charge in [-0.2, -0.15) is 5.10 Å². The third-order valence-corrected chi connectivity index (χ3v) is 2.09. The van der Waals surface area contributed by atoms with Crippen LogP contribution in [-0.2, 0) is 9.59 Å². The van der Waals surface area contributed by atoms with Crippen molar-refractivity contribution in [2.45, 2.75) is 6.42 Å². The third kappa shape index (κ3) is 2.70. The minimum absolute atomic E-state index is 0.410. The molecule has 0 unspecified atom stereocenters. The average molecular weight is 246 g/mol. The molecule has 0 spiro atoms. The van der Waals surface area contributed by atoms with E-state index in [2.05, 4.69) is 15.4 Å². The number of carboxylic acids is 1. The van der Waals surface area contributed by atoms with Crippen molar-refractivity contribution in [1.82, 2.24) is 14.8 Å². The Labute approximate surface area is 102 Å². The summed E-state index contributed by atoms with van der Waals surface area (Å²) in [4.78, 5) is 25.9. The van der Waals surface area contributed by atoms with Gasteiger partial charge >= 0.3 is 5.97 Å². The Hall–Kier alpha value is -2.70. The van der Waals surface area contributed by atoms with Gasteiger partial charge in [-0.05, 0) is 18.2 Å². The van der Waals surface area contributed by atoms with Gasteiger partial charge in [-0.3, -0.25) is 9.59 Å². The Bertz CT molecular complexity index is 565. The number of carbonyl (C=O) groups excluding carboxylic acids is 1. The number of carboxylic acid groups (broad SMARTS) is 1. The van der Waals surface area contributed by atoms with E-state index >= 15 is 0 Å². The van der Waals surface area contributed by atoms with Gasteiger partial charge in [0.15, 0.2) is 5.82 Å². The van der Waals surface area contributed by atoms with Gasteiger partial charge in [-0.1, -0.05) is 0 Å². The van der Waals surface area contributed by atoms with Gasteiger partial charge in [0.1, 0.15) is 6.42 Å².